The molecule has 1 aliphatic carbocycles. The summed E-state index contributed by atoms with van der Waals surface area (Å²) in [5, 5.41) is 3.47. The molecule has 0 saturated heterocycles. The van der Waals surface area contributed by atoms with Gasteiger partial charge in [0.2, 0.25) is 0 Å². The number of ether oxygens (including phenoxy) is 1. The molecule has 1 aliphatic rings. The van der Waals surface area contributed by atoms with E-state index in [2.05, 4.69) is 33.0 Å². The first-order chi connectivity index (χ1) is 8.07. The van der Waals surface area contributed by atoms with Crippen LogP contribution >= 0.6 is 0 Å². The summed E-state index contributed by atoms with van der Waals surface area (Å²) in [7, 11) is 0. The number of hydrogen-bond donors (Lipinski definition) is 1. The largest absolute Gasteiger partial charge is 0.371 e. The van der Waals surface area contributed by atoms with Gasteiger partial charge in [0.15, 0.2) is 0 Å². The quantitative estimate of drug-likeness (QED) is 0.685. The van der Waals surface area contributed by atoms with Crippen LogP contribution in [0.2, 0.25) is 0 Å². The summed E-state index contributed by atoms with van der Waals surface area (Å²) in [5.41, 5.74) is -0.0184. The van der Waals surface area contributed by atoms with Gasteiger partial charge in [-0.1, -0.05) is 33.1 Å². The van der Waals surface area contributed by atoms with Gasteiger partial charge in [0.25, 0.3) is 0 Å². The van der Waals surface area contributed by atoms with Crippen LogP contribution in [0, 0.1) is 5.92 Å². The monoisotopic (exact) mass is 241 g/mol. The molecule has 2 heteroatoms. The third kappa shape index (κ3) is 5.87. The van der Waals surface area contributed by atoms with Crippen molar-refractivity contribution >= 4 is 0 Å². The third-order valence-electron chi connectivity index (χ3n) is 3.78. The van der Waals surface area contributed by atoms with Crippen LogP contribution in [0.4, 0.5) is 0 Å². The Bertz CT molecular complexity index is 203. The minimum absolute atomic E-state index is 0.0184. The molecule has 0 aliphatic heterocycles. The van der Waals surface area contributed by atoms with E-state index in [1.54, 1.807) is 0 Å². The number of rotatable bonds is 7. The smallest absolute Gasteiger partial charge is 0.0754 e. The molecule has 102 valence electrons. The van der Waals surface area contributed by atoms with Gasteiger partial charge in [-0.2, -0.15) is 0 Å². The number of nitrogens with one attached hydrogen (secondary N) is 1. The lowest BCUT2D eigenvalue weighted by Crippen LogP contribution is -2.42. The van der Waals surface area contributed by atoms with Crippen molar-refractivity contribution in [1.82, 2.24) is 5.32 Å². The molecule has 1 rings (SSSR count). The maximum absolute atomic E-state index is 6.29. The van der Waals surface area contributed by atoms with Gasteiger partial charge in [-0.15, -0.1) is 0 Å². The highest BCUT2D eigenvalue weighted by atomic mass is 16.5. The molecule has 0 heterocycles. The maximum Gasteiger partial charge on any atom is 0.0754 e. The fourth-order valence-corrected chi connectivity index (χ4v) is 2.78. The highest BCUT2D eigenvalue weighted by Crippen LogP contribution is 2.30. The summed E-state index contributed by atoms with van der Waals surface area (Å²) in [6.45, 7) is 11.0. The van der Waals surface area contributed by atoms with E-state index in [1.165, 1.54) is 38.5 Å². The molecule has 2 unspecified atom stereocenters. The van der Waals surface area contributed by atoms with Gasteiger partial charge in [-0.3, -0.25) is 0 Å². The highest BCUT2D eigenvalue weighted by molar-refractivity contribution is 4.79. The minimum atomic E-state index is -0.0184. The van der Waals surface area contributed by atoms with E-state index in [0.717, 1.165) is 19.0 Å². The Morgan fingerprint density at radius 2 is 2.00 bits per heavy atom. The molecule has 1 fully saturated rings. The van der Waals surface area contributed by atoms with Crippen LogP contribution in [-0.2, 0) is 4.74 Å². The van der Waals surface area contributed by atoms with Gasteiger partial charge >= 0.3 is 0 Å². The van der Waals surface area contributed by atoms with Crippen molar-refractivity contribution in [3.05, 3.63) is 0 Å². The first-order valence-corrected chi connectivity index (χ1v) is 7.46. The fourth-order valence-electron chi connectivity index (χ4n) is 2.78. The molecule has 2 nitrogen and oxygen atoms in total. The van der Waals surface area contributed by atoms with Crippen LogP contribution in [0.1, 0.15) is 66.2 Å². The highest BCUT2D eigenvalue weighted by Gasteiger charge is 2.27. The molecule has 0 amide bonds. The predicted octanol–water partition coefficient (Wildman–Crippen LogP) is 3.75. The van der Waals surface area contributed by atoms with Crippen molar-refractivity contribution in [3.63, 3.8) is 0 Å². The summed E-state index contributed by atoms with van der Waals surface area (Å²) in [4.78, 5) is 0. The van der Waals surface area contributed by atoms with Crippen molar-refractivity contribution in [2.24, 2.45) is 5.92 Å². The Morgan fingerprint density at radius 1 is 1.24 bits per heavy atom. The summed E-state index contributed by atoms with van der Waals surface area (Å²) < 4.78 is 6.29. The summed E-state index contributed by atoms with van der Waals surface area (Å²) in [6.07, 6.45) is 8.28. The molecular weight excluding hydrogens is 210 g/mol. The lowest BCUT2D eigenvalue weighted by atomic mass is 9.85. The van der Waals surface area contributed by atoms with Crippen LogP contribution in [0.3, 0.4) is 0 Å². The summed E-state index contributed by atoms with van der Waals surface area (Å²) in [5.74, 6) is 0.896. The molecule has 0 spiro atoms. The molecule has 1 N–H and O–H groups in total. The van der Waals surface area contributed by atoms with Crippen molar-refractivity contribution in [1.29, 1.82) is 0 Å². The average molecular weight is 241 g/mol. The van der Waals surface area contributed by atoms with E-state index in [-0.39, 0.29) is 5.60 Å². The molecule has 1 saturated carbocycles. The van der Waals surface area contributed by atoms with Crippen LogP contribution in [0.15, 0.2) is 0 Å². The van der Waals surface area contributed by atoms with Crippen molar-refractivity contribution < 1.29 is 4.74 Å². The van der Waals surface area contributed by atoms with Crippen molar-refractivity contribution in [3.8, 4) is 0 Å². The van der Waals surface area contributed by atoms with E-state index >= 15 is 0 Å². The lowest BCUT2D eigenvalue weighted by Gasteiger charge is -2.35. The topological polar surface area (TPSA) is 21.3 Å². The van der Waals surface area contributed by atoms with Crippen LogP contribution in [0.25, 0.3) is 0 Å². The first kappa shape index (κ1) is 15.0. The van der Waals surface area contributed by atoms with Gasteiger partial charge in [-0.25, -0.2) is 0 Å². The van der Waals surface area contributed by atoms with Gasteiger partial charge in [0.05, 0.1) is 11.7 Å². The Hall–Kier alpha value is -0.0800. The average Bonchev–Trinajstić information content (AvgIpc) is 2.29. The van der Waals surface area contributed by atoms with Crippen molar-refractivity contribution in [2.45, 2.75) is 77.9 Å². The third-order valence-corrected chi connectivity index (χ3v) is 3.78. The maximum atomic E-state index is 6.29. The van der Waals surface area contributed by atoms with Gasteiger partial charge < -0.3 is 10.1 Å². The van der Waals surface area contributed by atoms with Gasteiger partial charge in [-0.05, 0) is 45.6 Å². The molecule has 0 aromatic heterocycles. The molecule has 0 radical (unpaired) electrons. The zero-order chi connectivity index (χ0) is 12.7. The summed E-state index contributed by atoms with van der Waals surface area (Å²) in [6, 6.07) is 0. The van der Waals surface area contributed by atoms with Crippen LogP contribution < -0.4 is 5.32 Å². The molecule has 0 aromatic carbocycles. The van der Waals surface area contributed by atoms with E-state index < -0.39 is 0 Å². The Labute approximate surface area is 108 Å². The lowest BCUT2D eigenvalue weighted by molar-refractivity contribution is -0.0901. The Morgan fingerprint density at radius 3 is 2.65 bits per heavy atom. The Kier molecular flexibility index (Phi) is 6.50. The van der Waals surface area contributed by atoms with Crippen molar-refractivity contribution in [2.75, 3.05) is 13.1 Å². The summed E-state index contributed by atoms with van der Waals surface area (Å²) >= 11 is 0. The molecular formula is C15H31NO. The van der Waals surface area contributed by atoms with Gasteiger partial charge in [0, 0.05) is 6.54 Å². The van der Waals surface area contributed by atoms with E-state index in [9.17, 15) is 0 Å². The fraction of sp³-hybridized carbons (Fsp3) is 1.00. The standard InChI is InChI=1S/C15H31NO/c1-5-10-16-12-15(3,4)17-14-9-7-8-13(6-2)11-14/h13-14,16H,5-12H2,1-4H3. The van der Waals surface area contributed by atoms with Gasteiger partial charge in [0.1, 0.15) is 0 Å². The molecule has 0 bridgehead atoms. The second-order valence-corrected chi connectivity index (χ2v) is 6.12. The number of hydrogen-bond acceptors (Lipinski definition) is 2. The Balaban J connectivity index is 2.30. The van der Waals surface area contributed by atoms with Crippen LogP contribution in [-0.4, -0.2) is 24.8 Å². The zero-order valence-electron chi connectivity index (χ0n) is 12.2. The molecule has 2 atom stereocenters. The second-order valence-electron chi connectivity index (χ2n) is 6.12. The molecule has 17 heavy (non-hydrogen) atoms. The second kappa shape index (κ2) is 7.38. The predicted molar refractivity (Wildman–Crippen MR) is 74.4 cm³/mol. The van der Waals surface area contributed by atoms with E-state index in [4.69, 9.17) is 4.74 Å². The first-order valence-electron chi connectivity index (χ1n) is 7.46. The zero-order valence-corrected chi connectivity index (χ0v) is 12.2. The molecule has 0 aromatic rings. The minimum Gasteiger partial charge on any atom is -0.371 e. The SMILES string of the molecule is CCCNCC(C)(C)OC1CCCC(CC)C1. The van der Waals surface area contributed by atoms with Crippen LogP contribution in [0.5, 0.6) is 0 Å². The van der Waals surface area contributed by atoms with E-state index in [1.807, 2.05) is 0 Å². The van der Waals surface area contributed by atoms with E-state index in [0.29, 0.717) is 6.10 Å². The normalized spacial score (nSPS) is 26.1.